The first-order valence-corrected chi connectivity index (χ1v) is 9.38. The molecule has 0 saturated carbocycles. The van der Waals surface area contributed by atoms with Crippen LogP contribution in [0.15, 0.2) is 35.2 Å². The Balaban J connectivity index is 2.17. The van der Waals surface area contributed by atoms with Gasteiger partial charge in [-0.3, -0.25) is 4.79 Å². The number of nitrogens with zero attached hydrogens (tertiary/aromatic N) is 1. The van der Waals surface area contributed by atoms with E-state index in [2.05, 4.69) is 5.32 Å². The number of hydrogen-bond donors (Lipinski definition) is 1. The number of benzene rings is 2. The van der Waals surface area contributed by atoms with Gasteiger partial charge in [-0.25, -0.2) is 21.5 Å². The molecule has 6 nitrogen and oxygen atoms in total. The van der Waals surface area contributed by atoms with Crippen molar-refractivity contribution in [2.45, 2.75) is 18.7 Å². The van der Waals surface area contributed by atoms with Crippen LogP contribution in [-0.4, -0.2) is 39.3 Å². The maximum absolute atomic E-state index is 13.2. The molecular formula is C18H20F2N2O4S. The molecule has 0 saturated heterocycles. The third-order valence-electron chi connectivity index (χ3n) is 3.95. The van der Waals surface area contributed by atoms with Gasteiger partial charge in [-0.1, -0.05) is 0 Å². The van der Waals surface area contributed by atoms with Crippen molar-refractivity contribution in [1.29, 1.82) is 0 Å². The second kappa shape index (κ2) is 8.01. The molecule has 0 atom stereocenters. The van der Waals surface area contributed by atoms with E-state index in [0.717, 1.165) is 16.4 Å². The lowest BCUT2D eigenvalue weighted by Crippen LogP contribution is -2.24. The SMILES string of the molecule is Cc1cc(S(=O)(=O)N(C)C)cc(NC(=O)COc2ccc(F)c(F)c2)c1C. The fraction of sp³-hybridized carbons (Fsp3) is 0.278. The Kier molecular flexibility index (Phi) is 6.17. The average molecular weight is 398 g/mol. The first-order valence-electron chi connectivity index (χ1n) is 7.94. The van der Waals surface area contributed by atoms with Crippen molar-refractivity contribution in [3.63, 3.8) is 0 Å². The summed E-state index contributed by atoms with van der Waals surface area (Å²) in [7, 11) is -0.835. The second-order valence-corrected chi connectivity index (χ2v) is 8.26. The molecule has 146 valence electrons. The van der Waals surface area contributed by atoms with E-state index in [4.69, 9.17) is 4.74 Å². The second-order valence-electron chi connectivity index (χ2n) is 6.11. The topological polar surface area (TPSA) is 75.7 Å². The monoisotopic (exact) mass is 398 g/mol. The third kappa shape index (κ3) is 4.81. The van der Waals surface area contributed by atoms with Gasteiger partial charge in [0.15, 0.2) is 18.2 Å². The van der Waals surface area contributed by atoms with Crippen molar-refractivity contribution in [3.8, 4) is 5.75 Å². The van der Waals surface area contributed by atoms with Gasteiger partial charge in [0.2, 0.25) is 10.0 Å². The first-order chi connectivity index (χ1) is 12.5. The molecule has 27 heavy (non-hydrogen) atoms. The molecule has 2 rings (SSSR count). The van der Waals surface area contributed by atoms with E-state index >= 15 is 0 Å². The van der Waals surface area contributed by atoms with E-state index in [-0.39, 0.29) is 10.6 Å². The third-order valence-corrected chi connectivity index (χ3v) is 5.75. The molecule has 1 amide bonds. The van der Waals surface area contributed by atoms with Crippen molar-refractivity contribution >= 4 is 21.6 Å². The number of carbonyl (C=O) groups is 1. The van der Waals surface area contributed by atoms with Gasteiger partial charge in [-0.15, -0.1) is 0 Å². The summed E-state index contributed by atoms with van der Waals surface area (Å²) >= 11 is 0. The van der Waals surface area contributed by atoms with E-state index in [1.165, 1.54) is 32.3 Å². The summed E-state index contributed by atoms with van der Waals surface area (Å²) in [6, 6.07) is 5.82. The smallest absolute Gasteiger partial charge is 0.262 e. The van der Waals surface area contributed by atoms with Crippen LogP contribution >= 0.6 is 0 Å². The molecule has 0 spiro atoms. The van der Waals surface area contributed by atoms with Gasteiger partial charge in [0.05, 0.1) is 4.90 Å². The minimum atomic E-state index is -3.66. The van der Waals surface area contributed by atoms with Gasteiger partial charge in [-0.05, 0) is 49.2 Å². The van der Waals surface area contributed by atoms with Crippen LogP contribution in [0.25, 0.3) is 0 Å². The molecule has 0 heterocycles. The average Bonchev–Trinajstić information content (AvgIpc) is 2.59. The number of amides is 1. The van der Waals surface area contributed by atoms with E-state index in [1.807, 2.05) is 0 Å². The lowest BCUT2D eigenvalue weighted by Gasteiger charge is -2.16. The highest BCUT2D eigenvalue weighted by atomic mass is 32.2. The molecule has 0 aromatic heterocycles. The zero-order valence-electron chi connectivity index (χ0n) is 15.3. The highest BCUT2D eigenvalue weighted by Crippen LogP contribution is 2.25. The molecule has 0 fully saturated rings. The summed E-state index contributed by atoms with van der Waals surface area (Å²) in [5.41, 5.74) is 1.72. The molecular weight excluding hydrogens is 378 g/mol. The van der Waals surface area contributed by atoms with Gasteiger partial charge in [-0.2, -0.15) is 0 Å². The van der Waals surface area contributed by atoms with Gasteiger partial charge in [0.1, 0.15) is 5.75 Å². The number of hydrogen-bond acceptors (Lipinski definition) is 4. The zero-order chi connectivity index (χ0) is 20.4. The van der Waals surface area contributed by atoms with E-state index in [0.29, 0.717) is 16.8 Å². The van der Waals surface area contributed by atoms with E-state index in [1.54, 1.807) is 13.8 Å². The van der Waals surface area contributed by atoms with Crippen molar-refractivity contribution in [1.82, 2.24) is 4.31 Å². The first kappa shape index (κ1) is 20.8. The van der Waals surface area contributed by atoms with Crippen molar-refractivity contribution in [3.05, 3.63) is 53.1 Å². The number of nitrogens with one attached hydrogen (secondary N) is 1. The summed E-state index contributed by atoms with van der Waals surface area (Å²) < 4.78 is 56.9. The number of halogens is 2. The van der Waals surface area contributed by atoms with Crippen LogP contribution in [-0.2, 0) is 14.8 Å². The van der Waals surface area contributed by atoms with Crippen molar-refractivity contribution < 1.29 is 26.7 Å². The summed E-state index contributed by atoms with van der Waals surface area (Å²) in [4.78, 5) is 12.2. The lowest BCUT2D eigenvalue weighted by atomic mass is 10.1. The van der Waals surface area contributed by atoms with Crippen molar-refractivity contribution in [2.75, 3.05) is 26.0 Å². The largest absolute Gasteiger partial charge is 0.484 e. The highest BCUT2D eigenvalue weighted by Gasteiger charge is 2.20. The summed E-state index contributed by atoms with van der Waals surface area (Å²) in [6.07, 6.45) is 0. The number of carbonyl (C=O) groups excluding carboxylic acids is 1. The molecule has 9 heteroatoms. The fourth-order valence-corrected chi connectivity index (χ4v) is 3.23. The van der Waals surface area contributed by atoms with Gasteiger partial charge >= 0.3 is 0 Å². The summed E-state index contributed by atoms with van der Waals surface area (Å²) in [5.74, 6) is -2.67. The van der Waals surface area contributed by atoms with Crippen LogP contribution < -0.4 is 10.1 Å². The molecule has 0 aliphatic carbocycles. The number of sulfonamides is 1. The van der Waals surface area contributed by atoms with Crippen LogP contribution in [0.5, 0.6) is 5.75 Å². The van der Waals surface area contributed by atoms with E-state index < -0.39 is 34.2 Å². The van der Waals surface area contributed by atoms with E-state index in [9.17, 15) is 22.0 Å². The normalized spacial score (nSPS) is 11.5. The summed E-state index contributed by atoms with van der Waals surface area (Å²) in [6.45, 7) is 3.03. The zero-order valence-corrected chi connectivity index (χ0v) is 16.2. The van der Waals surface area contributed by atoms with Gasteiger partial charge in [0.25, 0.3) is 5.91 Å². The maximum atomic E-state index is 13.2. The minimum absolute atomic E-state index is 0.000823. The van der Waals surface area contributed by atoms with Crippen LogP contribution in [0.2, 0.25) is 0 Å². The van der Waals surface area contributed by atoms with Crippen LogP contribution in [0.1, 0.15) is 11.1 Å². The molecule has 0 aliphatic heterocycles. The Morgan fingerprint density at radius 2 is 1.78 bits per heavy atom. The lowest BCUT2D eigenvalue weighted by molar-refractivity contribution is -0.118. The number of rotatable bonds is 6. The Bertz CT molecular complexity index is 976. The Hall–Kier alpha value is -2.52. The fourth-order valence-electron chi connectivity index (χ4n) is 2.22. The molecule has 0 unspecified atom stereocenters. The van der Waals surface area contributed by atoms with Gasteiger partial charge in [0, 0.05) is 25.8 Å². The van der Waals surface area contributed by atoms with Crippen molar-refractivity contribution in [2.24, 2.45) is 0 Å². The predicted molar refractivity (Wildman–Crippen MR) is 97.3 cm³/mol. The summed E-state index contributed by atoms with van der Waals surface area (Å²) in [5, 5.41) is 2.58. The standard InChI is InChI=1S/C18H20F2N2O4S/c1-11-7-14(27(24,25)22(3)4)9-17(12(11)2)21-18(23)10-26-13-5-6-15(19)16(20)8-13/h5-9H,10H2,1-4H3,(H,21,23). The molecule has 0 aliphatic rings. The molecule has 1 N–H and O–H groups in total. The number of anilines is 1. The van der Waals surface area contributed by atoms with Crippen LogP contribution in [0.3, 0.4) is 0 Å². The molecule has 0 bridgehead atoms. The minimum Gasteiger partial charge on any atom is -0.484 e. The molecule has 2 aromatic rings. The molecule has 0 radical (unpaired) electrons. The quantitative estimate of drug-likeness (QED) is 0.812. The predicted octanol–water partition coefficient (Wildman–Crippen LogP) is 2.85. The Morgan fingerprint density at radius 3 is 2.37 bits per heavy atom. The van der Waals surface area contributed by atoms with Crippen LogP contribution in [0.4, 0.5) is 14.5 Å². The highest BCUT2D eigenvalue weighted by molar-refractivity contribution is 7.89. The maximum Gasteiger partial charge on any atom is 0.262 e. The van der Waals surface area contributed by atoms with Crippen LogP contribution in [0, 0.1) is 25.5 Å². The van der Waals surface area contributed by atoms with Gasteiger partial charge < -0.3 is 10.1 Å². The number of ether oxygens (including phenoxy) is 1. The Labute approximate surface area is 156 Å². The molecule has 2 aromatic carbocycles. The Morgan fingerprint density at radius 1 is 1.11 bits per heavy atom. The number of aryl methyl sites for hydroxylation is 1.